The second-order valence-corrected chi connectivity index (χ2v) is 7.53. The minimum atomic E-state index is -0.185. The Hall–Kier alpha value is -2.51. The van der Waals surface area contributed by atoms with Crippen LogP contribution in [0.25, 0.3) is 20.9 Å². The number of benzene rings is 1. The number of H-pyrrole nitrogens is 1. The van der Waals surface area contributed by atoms with Crippen LogP contribution in [0.4, 0.5) is 0 Å². The van der Waals surface area contributed by atoms with Crippen molar-refractivity contribution in [2.75, 3.05) is 0 Å². The van der Waals surface area contributed by atoms with Crippen molar-refractivity contribution in [3.63, 3.8) is 0 Å². The number of aromatic amines is 1. The maximum Gasteiger partial charge on any atom is 0.226 e. The molecule has 1 amide bonds. The maximum absolute atomic E-state index is 12.3. The third-order valence-electron chi connectivity index (χ3n) is 3.82. The summed E-state index contributed by atoms with van der Waals surface area (Å²) in [5.41, 5.74) is 2.67. The van der Waals surface area contributed by atoms with E-state index in [-0.39, 0.29) is 18.4 Å². The highest BCUT2D eigenvalue weighted by Crippen LogP contribution is 2.28. The van der Waals surface area contributed by atoms with Gasteiger partial charge in [0.1, 0.15) is 10.8 Å². The molecule has 0 spiro atoms. The molecule has 0 fully saturated rings. The lowest BCUT2D eigenvalue weighted by atomic mass is 10.2. The quantitative estimate of drug-likeness (QED) is 0.555. The molecule has 0 bridgehead atoms. The van der Waals surface area contributed by atoms with Gasteiger partial charge in [-0.15, -0.1) is 22.7 Å². The summed E-state index contributed by atoms with van der Waals surface area (Å²) >= 11 is 3.22. The zero-order chi connectivity index (χ0) is 17.2. The summed E-state index contributed by atoms with van der Waals surface area (Å²) in [6.07, 6.45) is 0.270. The molecule has 126 valence electrons. The van der Waals surface area contributed by atoms with E-state index in [1.54, 1.807) is 22.7 Å². The van der Waals surface area contributed by atoms with Gasteiger partial charge >= 0.3 is 0 Å². The van der Waals surface area contributed by atoms with Gasteiger partial charge in [-0.3, -0.25) is 4.79 Å². The van der Waals surface area contributed by atoms with Crippen molar-refractivity contribution in [3.05, 3.63) is 58.7 Å². The average Bonchev–Trinajstić information content (AvgIpc) is 3.34. The van der Waals surface area contributed by atoms with Gasteiger partial charge in [-0.05, 0) is 30.5 Å². The van der Waals surface area contributed by atoms with Crippen LogP contribution in [0, 0.1) is 0 Å². The molecule has 1 aromatic carbocycles. The number of imidazole rings is 1. The van der Waals surface area contributed by atoms with Gasteiger partial charge in [0, 0.05) is 5.38 Å². The molecular formula is C18H16N4OS2. The third kappa shape index (κ3) is 3.47. The van der Waals surface area contributed by atoms with E-state index < -0.39 is 0 Å². The third-order valence-corrected chi connectivity index (χ3v) is 5.75. The summed E-state index contributed by atoms with van der Waals surface area (Å²) in [5.74, 6) is 0.697. The molecule has 0 aliphatic heterocycles. The number of hydrogen-bond donors (Lipinski definition) is 2. The van der Waals surface area contributed by atoms with Crippen LogP contribution in [-0.4, -0.2) is 20.9 Å². The van der Waals surface area contributed by atoms with Crippen molar-refractivity contribution < 1.29 is 4.79 Å². The molecule has 1 atom stereocenters. The molecule has 4 aromatic rings. The van der Waals surface area contributed by atoms with Crippen LogP contribution < -0.4 is 5.32 Å². The Morgan fingerprint density at radius 2 is 2.08 bits per heavy atom. The number of nitrogens with zero attached hydrogens (tertiary/aromatic N) is 2. The molecular weight excluding hydrogens is 352 g/mol. The van der Waals surface area contributed by atoms with E-state index in [2.05, 4.69) is 20.3 Å². The second-order valence-electron chi connectivity index (χ2n) is 5.73. The Balaban J connectivity index is 1.41. The van der Waals surface area contributed by atoms with Gasteiger partial charge in [-0.25, -0.2) is 9.97 Å². The number of carbonyl (C=O) groups is 1. The maximum atomic E-state index is 12.3. The number of hydrogen-bond acceptors (Lipinski definition) is 5. The largest absolute Gasteiger partial charge is 0.346 e. The van der Waals surface area contributed by atoms with Crippen LogP contribution in [0.2, 0.25) is 0 Å². The molecule has 0 aliphatic rings. The van der Waals surface area contributed by atoms with E-state index in [1.807, 2.05) is 54.1 Å². The zero-order valence-electron chi connectivity index (χ0n) is 13.5. The number of amides is 1. The number of para-hydroxylation sites is 2. The standard InChI is InChI=1S/C18H16N4OS2/c1-11(17-21-13-5-2-3-6-14(13)22-17)19-16(23)9-12-10-25-18(20-12)15-7-4-8-24-15/h2-8,10-11H,9H2,1H3,(H,19,23)(H,21,22)/t11-/m0/s1. The fraction of sp³-hybridized carbons (Fsp3) is 0.167. The Morgan fingerprint density at radius 1 is 1.20 bits per heavy atom. The number of rotatable bonds is 5. The summed E-state index contributed by atoms with van der Waals surface area (Å²) < 4.78 is 0. The van der Waals surface area contributed by atoms with E-state index in [1.165, 1.54) is 0 Å². The minimum Gasteiger partial charge on any atom is -0.346 e. The van der Waals surface area contributed by atoms with Gasteiger partial charge in [0.2, 0.25) is 5.91 Å². The van der Waals surface area contributed by atoms with Crippen LogP contribution >= 0.6 is 22.7 Å². The van der Waals surface area contributed by atoms with Crippen molar-refractivity contribution in [3.8, 4) is 9.88 Å². The van der Waals surface area contributed by atoms with Crippen molar-refractivity contribution in [2.24, 2.45) is 0 Å². The summed E-state index contributed by atoms with van der Waals surface area (Å²) in [7, 11) is 0. The molecule has 3 heterocycles. The molecule has 2 N–H and O–H groups in total. The monoisotopic (exact) mass is 368 g/mol. The zero-order valence-corrected chi connectivity index (χ0v) is 15.2. The SMILES string of the molecule is C[C@H](NC(=O)Cc1csc(-c2cccs2)n1)c1nc2ccccc2[nH]1. The van der Waals surface area contributed by atoms with Gasteiger partial charge < -0.3 is 10.3 Å². The Kier molecular flexibility index (Phi) is 4.33. The van der Waals surface area contributed by atoms with Crippen LogP contribution in [0.1, 0.15) is 24.5 Å². The number of carbonyl (C=O) groups excluding carboxylic acids is 1. The predicted molar refractivity (Wildman–Crippen MR) is 102 cm³/mol. The molecule has 0 aliphatic carbocycles. The van der Waals surface area contributed by atoms with E-state index in [4.69, 9.17) is 0 Å². The van der Waals surface area contributed by atoms with Gasteiger partial charge in [0.05, 0.1) is 34.1 Å². The highest BCUT2D eigenvalue weighted by molar-refractivity contribution is 7.20. The molecule has 0 radical (unpaired) electrons. The van der Waals surface area contributed by atoms with Gasteiger partial charge in [-0.1, -0.05) is 18.2 Å². The number of thiophene rings is 1. The van der Waals surface area contributed by atoms with Crippen LogP contribution in [-0.2, 0) is 11.2 Å². The first-order valence-corrected chi connectivity index (χ1v) is 9.67. The highest BCUT2D eigenvalue weighted by Gasteiger charge is 2.15. The molecule has 3 aromatic heterocycles. The highest BCUT2D eigenvalue weighted by atomic mass is 32.1. The predicted octanol–water partition coefficient (Wildman–Crippen LogP) is 4.17. The number of aromatic nitrogens is 3. The normalized spacial score (nSPS) is 12.4. The fourth-order valence-corrected chi connectivity index (χ4v) is 4.24. The number of fused-ring (bicyclic) bond motifs is 1. The minimum absolute atomic E-state index is 0.0593. The van der Waals surface area contributed by atoms with E-state index in [0.717, 1.165) is 32.4 Å². The van der Waals surface area contributed by atoms with E-state index in [9.17, 15) is 4.79 Å². The lowest BCUT2D eigenvalue weighted by Crippen LogP contribution is -2.28. The second kappa shape index (κ2) is 6.78. The van der Waals surface area contributed by atoms with Crippen molar-refractivity contribution in [2.45, 2.75) is 19.4 Å². The lowest BCUT2D eigenvalue weighted by Gasteiger charge is -2.10. The topological polar surface area (TPSA) is 70.7 Å². The lowest BCUT2D eigenvalue weighted by molar-refractivity contribution is -0.121. The smallest absolute Gasteiger partial charge is 0.226 e. The number of nitrogens with one attached hydrogen (secondary N) is 2. The summed E-state index contributed by atoms with van der Waals surface area (Å²) in [6.45, 7) is 1.92. The van der Waals surface area contributed by atoms with Gasteiger partial charge in [0.25, 0.3) is 0 Å². The Bertz CT molecular complexity index is 970. The summed E-state index contributed by atoms with van der Waals surface area (Å²) in [5, 5.41) is 7.92. The fourth-order valence-electron chi connectivity index (χ4n) is 2.60. The Labute approximate surface area is 152 Å². The van der Waals surface area contributed by atoms with Crippen molar-refractivity contribution >= 4 is 39.6 Å². The molecule has 0 unspecified atom stereocenters. The van der Waals surface area contributed by atoms with Crippen molar-refractivity contribution in [1.29, 1.82) is 0 Å². The summed E-state index contributed by atoms with van der Waals surface area (Å²) in [6, 6.07) is 11.7. The number of thiazole rings is 1. The van der Waals surface area contributed by atoms with Gasteiger partial charge in [-0.2, -0.15) is 0 Å². The average molecular weight is 368 g/mol. The molecule has 0 saturated heterocycles. The Morgan fingerprint density at radius 3 is 2.88 bits per heavy atom. The first-order valence-electron chi connectivity index (χ1n) is 7.91. The van der Waals surface area contributed by atoms with Crippen molar-refractivity contribution in [1.82, 2.24) is 20.3 Å². The molecule has 5 nitrogen and oxygen atoms in total. The van der Waals surface area contributed by atoms with Crippen LogP contribution in [0.5, 0.6) is 0 Å². The van der Waals surface area contributed by atoms with E-state index in [0.29, 0.717) is 0 Å². The molecule has 25 heavy (non-hydrogen) atoms. The van der Waals surface area contributed by atoms with Gasteiger partial charge in [0.15, 0.2) is 0 Å². The molecule has 4 rings (SSSR count). The van der Waals surface area contributed by atoms with Crippen LogP contribution in [0.3, 0.4) is 0 Å². The van der Waals surface area contributed by atoms with E-state index >= 15 is 0 Å². The van der Waals surface area contributed by atoms with Crippen LogP contribution in [0.15, 0.2) is 47.2 Å². The first-order chi connectivity index (χ1) is 12.2. The molecule has 0 saturated carbocycles. The first kappa shape index (κ1) is 16.0. The summed E-state index contributed by atoms with van der Waals surface area (Å²) in [4.78, 5) is 25.8. The molecule has 7 heteroatoms.